The van der Waals surface area contributed by atoms with E-state index < -0.39 is 5.54 Å². The molecule has 0 bridgehead atoms. The average Bonchev–Trinajstić information content (AvgIpc) is 3.25. The van der Waals surface area contributed by atoms with E-state index in [1.165, 1.54) is 0 Å². The summed E-state index contributed by atoms with van der Waals surface area (Å²) in [7, 11) is 1.75. The van der Waals surface area contributed by atoms with Crippen molar-refractivity contribution in [3.8, 4) is 0 Å². The van der Waals surface area contributed by atoms with E-state index in [2.05, 4.69) is 16.0 Å². The number of amides is 2. The Hall–Kier alpha value is -1.88. The van der Waals surface area contributed by atoms with Gasteiger partial charge in [-0.05, 0) is 58.0 Å². The highest BCUT2D eigenvalue weighted by molar-refractivity contribution is 5.98. The maximum Gasteiger partial charge on any atom is 0.244 e. The number of carbonyl (C=O) groups excluding carboxylic acids is 2. The van der Waals surface area contributed by atoms with Crippen molar-refractivity contribution in [1.29, 1.82) is 0 Å². The summed E-state index contributed by atoms with van der Waals surface area (Å²) >= 11 is 0. The van der Waals surface area contributed by atoms with E-state index in [9.17, 15) is 9.59 Å². The second-order valence-electron chi connectivity index (χ2n) is 5.67. The lowest BCUT2D eigenvalue weighted by Gasteiger charge is -2.22. The Morgan fingerprint density at radius 3 is 2.00 bits per heavy atom. The molecule has 2 amide bonds. The molecule has 0 radical (unpaired) electrons. The third-order valence-corrected chi connectivity index (χ3v) is 3.55. The minimum atomic E-state index is -0.626. The minimum absolute atomic E-state index is 0.0816. The van der Waals surface area contributed by atoms with Crippen LogP contribution in [-0.4, -0.2) is 24.4 Å². The van der Waals surface area contributed by atoms with Crippen LogP contribution in [0.25, 0.3) is 0 Å². The van der Waals surface area contributed by atoms with Crippen LogP contribution in [-0.2, 0) is 9.59 Å². The first-order chi connectivity index (χ1) is 9.42. The first kappa shape index (κ1) is 14.5. The number of carbonyl (C=O) groups is 2. The number of nitrogens with one attached hydrogen (secondary N) is 3. The largest absolute Gasteiger partial charge is 0.326 e. The molecular weight excluding hydrogens is 254 g/mol. The SMILES string of the molecule is CNC(C)(C)C(=O)Nc1ccc(NC(=O)C2CC2)cc1. The van der Waals surface area contributed by atoms with Gasteiger partial charge in [0.05, 0.1) is 5.54 Å². The van der Waals surface area contributed by atoms with Crippen LogP contribution < -0.4 is 16.0 Å². The van der Waals surface area contributed by atoms with Gasteiger partial charge < -0.3 is 16.0 Å². The van der Waals surface area contributed by atoms with Crippen molar-refractivity contribution < 1.29 is 9.59 Å². The minimum Gasteiger partial charge on any atom is -0.326 e. The van der Waals surface area contributed by atoms with Gasteiger partial charge >= 0.3 is 0 Å². The molecule has 20 heavy (non-hydrogen) atoms. The average molecular weight is 275 g/mol. The van der Waals surface area contributed by atoms with Gasteiger partial charge in [-0.25, -0.2) is 0 Å². The first-order valence-corrected chi connectivity index (χ1v) is 6.83. The molecule has 5 nitrogen and oxygen atoms in total. The molecule has 0 aliphatic heterocycles. The number of anilines is 2. The van der Waals surface area contributed by atoms with Crippen molar-refractivity contribution in [3.05, 3.63) is 24.3 Å². The van der Waals surface area contributed by atoms with E-state index in [1.54, 1.807) is 31.3 Å². The Labute approximate surface area is 119 Å². The zero-order valence-corrected chi connectivity index (χ0v) is 12.1. The lowest BCUT2D eigenvalue weighted by molar-refractivity contribution is -0.121. The summed E-state index contributed by atoms with van der Waals surface area (Å²) in [5, 5.41) is 8.65. The molecule has 0 unspecified atom stereocenters. The summed E-state index contributed by atoms with van der Waals surface area (Å²) in [6.45, 7) is 3.62. The van der Waals surface area contributed by atoms with E-state index in [-0.39, 0.29) is 17.7 Å². The van der Waals surface area contributed by atoms with Gasteiger partial charge in [-0.3, -0.25) is 9.59 Å². The van der Waals surface area contributed by atoms with Crippen molar-refractivity contribution in [2.45, 2.75) is 32.2 Å². The van der Waals surface area contributed by atoms with Crippen LogP contribution in [0.1, 0.15) is 26.7 Å². The highest BCUT2D eigenvalue weighted by Crippen LogP contribution is 2.30. The van der Waals surface area contributed by atoms with Gasteiger partial charge in [0.25, 0.3) is 0 Å². The normalized spacial score (nSPS) is 14.8. The van der Waals surface area contributed by atoms with Crippen LogP contribution in [0.2, 0.25) is 0 Å². The van der Waals surface area contributed by atoms with Crippen LogP contribution in [0.5, 0.6) is 0 Å². The smallest absolute Gasteiger partial charge is 0.244 e. The van der Waals surface area contributed by atoms with Gasteiger partial charge in [-0.1, -0.05) is 0 Å². The fourth-order valence-corrected chi connectivity index (χ4v) is 1.63. The van der Waals surface area contributed by atoms with Crippen LogP contribution in [0.3, 0.4) is 0 Å². The van der Waals surface area contributed by atoms with Crippen LogP contribution in [0.15, 0.2) is 24.3 Å². The lowest BCUT2D eigenvalue weighted by Crippen LogP contribution is -2.47. The van der Waals surface area contributed by atoms with Gasteiger partial charge in [0, 0.05) is 17.3 Å². The first-order valence-electron chi connectivity index (χ1n) is 6.83. The summed E-state index contributed by atoms with van der Waals surface area (Å²) in [5.41, 5.74) is 0.842. The van der Waals surface area contributed by atoms with Gasteiger partial charge in [0.2, 0.25) is 11.8 Å². The molecule has 3 N–H and O–H groups in total. The van der Waals surface area contributed by atoms with Crippen molar-refractivity contribution in [2.75, 3.05) is 17.7 Å². The molecule has 1 aliphatic rings. The monoisotopic (exact) mass is 275 g/mol. The molecule has 0 saturated heterocycles. The Bertz CT molecular complexity index is 504. The maximum atomic E-state index is 12.0. The third-order valence-electron chi connectivity index (χ3n) is 3.55. The van der Waals surface area contributed by atoms with Crippen LogP contribution in [0.4, 0.5) is 11.4 Å². The lowest BCUT2D eigenvalue weighted by atomic mass is 10.1. The van der Waals surface area contributed by atoms with E-state index in [0.29, 0.717) is 5.69 Å². The zero-order chi connectivity index (χ0) is 14.8. The standard InChI is InChI=1S/C15H21N3O2/c1-15(2,16-3)14(20)18-12-8-6-11(7-9-12)17-13(19)10-4-5-10/h6-10,16H,4-5H2,1-3H3,(H,17,19)(H,18,20). The zero-order valence-electron chi connectivity index (χ0n) is 12.1. The molecule has 1 aliphatic carbocycles. The number of hydrogen-bond acceptors (Lipinski definition) is 3. The summed E-state index contributed by atoms with van der Waals surface area (Å²) in [6.07, 6.45) is 1.97. The molecule has 1 saturated carbocycles. The molecule has 1 aromatic rings. The number of rotatable bonds is 5. The van der Waals surface area contributed by atoms with Crippen molar-refractivity contribution in [2.24, 2.45) is 5.92 Å². The van der Waals surface area contributed by atoms with E-state index in [4.69, 9.17) is 0 Å². The maximum absolute atomic E-state index is 12.0. The predicted octanol–water partition coefficient (Wildman–Crippen LogP) is 1.97. The molecule has 2 rings (SSSR count). The molecule has 5 heteroatoms. The van der Waals surface area contributed by atoms with Gasteiger partial charge in [0.15, 0.2) is 0 Å². The molecule has 0 spiro atoms. The molecule has 0 heterocycles. The molecule has 1 aromatic carbocycles. The van der Waals surface area contributed by atoms with Crippen LogP contribution >= 0.6 is 0 Å². The molecule has 1 fully saturated rings. The van der Waals surface area contributed by atoms with Crippen molar-refractivity contribution in [3.63, 3.8) is 0 Å². The molecule has 108 valence electrons. The number of benzene rings is 1. The Morgan fingerprint density at radius 1 is 1.05 bits per heavy atom. The van der Waals surface area contributed by atoms with Gasteiger partial charge in [-0.15, -0.1) is 0 Å². The second kappa shape index (κ2) is 5.63. The quantitative estimate of drug-likeness (QED) is 0.769. The summed E-state index contributed by atoms with van der Waals surface area (Å²) < 4.78 is 0. The summed E-state index contributed by atoms with van der Waals surface area (Å²) in [5.74, 6) is 0.165. The fourth-order valence-electron chi connectivity index (χ4n) is 1.63. The Balaban J connectivity index is 1.94. The van der Waals surface area contributed by atoms with E-state index in [1.807, 2.05) is 13.8 Å². The highest BCUT2D eigenvalue weighted by Gasteiger charge is 2.29. The van der Waals surface area contributed by atoms with Crippen molar-refractivity contribution in [1.82, 2.24) is 5.32 Å². The van der Waals surface area contributed by atoms with E-state index >= 15 is 0 Å². The highest BCUT2D eigenvalue weighted by atomic mass is 16.2. The Kier molecular flexibility index (Phi) is 4.09. The summed E-state index contributed by atoms with van der Waals surface area (Å²) in [6, 6.07) is 7.16. The fraction of sp³-hybridized carbons (Fsp3) is 0.467. The van der Waals surface area contributed by atoms with Gasteiger partial charge in [0.1, 0.15) is 0 Å². The molecule has 0 aromatic heterocycles. The van der Waals surface area contributed by atoms with Crippen LogP contribution in [0, 0.1) is 5.92 Å². The Morgan fingerprint density at radius 2 is 1.55 bits per heavy atom. The summed E-state index contributed by atoms with van der Waals surface area (Å²) in [4.78, 5) is 23.6. The number of hydrogen-bond donors (Lipinski definition) is 3. The third kappa shape index (κ3) is 3.57. The van der Waals surface area contributed by atoms with E-state index in [0.717, 1.165) is 18.5 Å². The number of likely N-dealkylation sites (N-methyl/N-ethyl adjacent to an activating group) is 1. The molecule has 0 atom stereocenters. The molecular formula is C15H21N3O2. The topological polar surface area (TPSA) is 70.2 Å². The second-order valence-corrected chi connectivity index (χ2v) is 5.67. The van der Waals surface area contributed by atoms with Gasteiger partial charge in [-0.2, -0.15) is 0 Å². The van der Waals surface area contributed by atoms with Crippen molar-refractivity contribution >= 4 is 23.2 Å². The predicted molar refractivity (Wildman–Crippen MR) is 79.6 cm³/mol.